The van der Waals surface area contributed by atoms with Gasteiger partial charge in [-0.2, -0.15) is 13.2 Å². The number of alkyl halides is 5. The molecular formula is C7H10ClF4. The number of hydrogen-bond donors (Lipinski definition) is 0. The molecule has 0 amide bonds. The Morgan fingerprint density at radius 1 is 1.33 bits per heavy atom. The maximum atomic E-state index is 12.1. The van der Waals surface area contributed by atoms with E-state index in [4.69, 9.17) is 11.6 Å². The Balaban J connectivity index is 3.38. The van der Waals surface area contributed by atoms with E-state index in [0.29, 0.717) is 18.7 Å². The van der Waals surface area contributed by atoms with Gasteiger partial charge < -0.3 is 0 Å². The van der Waals surface area contributed by atoms with Gasteiger partial charge in [0.2, 0.25) is 0 Å². The maximum absolute atomic E-state index is 12.1. The number of halogens is 5. The Labute approximate surface area is 73.9 Å². The minimum Gasteiger partial charge on any atom is -0.237 e. The predicted molar refractivity (Wildman–Crippen MR) is 39.8 cm³/mol. The smallest absolute Gasteiger partial charge is 0.237 e. The van der Waals surface area contributed by atoms with E-state index < -0.39 is 18.8 Å². The molecule has 1 atom stereocenters. The Bertz CT molecular complexity index is 112. The minimum atomic E-state index is -4.72. The van der Waals surface area contributed by atoms with Gasteiger partial charge in [-0.15, -0.1) is 11.6 Å². The molecule has 0 aliphatic carbocycles. The lowest BCUT2D eigenvalue weighted by Crippen LogP contribution is -2.24. The summed E-state index contributed by atoms with van der Waals surface area (Å²) in [5.41, 5.74) is 0. The Morgan fingerprint density at radius 3 is 2.33 bits per heavy atom. The SMILES string of the molecule is FC(C[CH]CCCCl)C(F)(F)F. The molecule has 1 radical (unpaired) electrons. The van der Waals surface area contributed by atoms with Gasteiger partial charge in [-0.05, 0) is 25.7 Å². The van der Waals surface area contributed by atoms with E-state index in [1.807, 2.05) is 0 Å². The van der Waals surface area contributed by atoms with Gasteiger partial charge in [0.05, 0.1) is 0 Å². The Hall–Kier alpha value is 0.01000. The molecule has 12 heavy (non-hydrogen) atoms. The lowest BCUT2D eigenvalue weighted by Gasteiger charge is -2.10. The van der Waals surface area contributed by atoms with Crippen molar-refractivity contribution in [2.45, 2.75) is 31.6 Å². The zero-order valence-electron chi connectivity index (χ0n) is 6.37. The van der Waals surface area contributed by atoms with Crippen molar-refractivity contribution in [3.8, 4) is 0 Å². The predicted octanol–water partition coefficient (Wildman–Crippen LogP) is 3.50. The van der Waals surface area contributed by atoms with Crippen LogP contribution in [-0.2, 0) is 0 Å². The maximum Gasteiger partial charge on any atom is 0.419 e. The summed E-state index contributed by atoms with van der Waals surface area (Å²) in [5.74, 6) is 0.388. The Kier molecular flexibility index (Phi) is 5.63. The quantitative estimate of drug-likeness (QED) is 0.366. The second-order valence-corrected chi connectivity index (χ2v) is 2.74. The van der Waals surface area contributed by atoms with Crippen molar-refractivity contribution < 1.29 is 17.6 Å². The third-order valence-electron chi connectivity index (χ3n) is 1.27. The fraction of sp³-hybridized carbons (Fsp3) is 0.857. The van der Waals surface area contributed by atoms with Crippen LogP contribution in [0.3, 0.4) is 0 Å². The highest BCUT2D eigenvalue weighted by molar-refractivity contribution is 6.17. The number of unbranched alkanes of at least 4 members (excludes halogenated alkanes) is 2. The van der Waals surface area contributed by atoms with Crippen LogP contribution in [0.2, 0.25) is 0 Å². The molecule has 0 nitrogen and oxygen atoms in total. The van der Waals surface area contributed by atoms with Gasteiger partial charge in [-0.25, -0.2) is 4.39 Å². The van der Waals surface area contributed by atoms with Crippen molar-refractivity contribution in [3.63, 3.8) is 0 Å². The zero-order chi connectivity index (χ0) is 9.61. The van der Waals surface area contributed by atoms with Crippen molar-refractivity contribution in [2.24, 2.45) is 0 Å². The first kappa shape index (κ1) is 12.0. The van der Waals surface area contributed by atoms with Gasteiger partial charge in [-0.1, -0.05) is 0 Å². The molecule has 5 heteroatoms. The highest BCUT2D eigenvalue weighted by Crippen LogP contribution is 2.26. The van der Waals surface area contributed by atoms with Gasteiger partial charge in [0, 0.05) is 5.88 Å². The largest absolute Gasteiger partial charge is 0.419 e. The van der Waals surface area contributed by atoms with Crippen molar-refractivity contribution >= 4 is 11.6 Å². The first-order chi connectivity index (χ1) is 5.48. The van der Waals surface area contributed by atoms with Crippen LogP contribution in [0.5, 0.6) is 0 Å². The van der Waals surface area contributed by atoms with Gasteiger partial charge in [0.25, 0.3) is 0 Å². The van der Waals surface area contributed by atoms with Crippen molar-refractivity contribution in [1.82, 2.24) is 0 Å². The number of rotatable bonds is 5. The summed E-state index contributed by atoms with van der Waals surface area (Å²) in [4.78, 5) is 0. The summed E-state index contributed by atoms with van der Waals surface area (Å²) in [6.07, 6.45) is -5.72. The summed E-state index contributed by atoms with van der Waals surface area (Å²) in [6, 6.07) is 0. The van der Waals surface area contributed by atoms with Crippen molar-refractivity contribution in [2.75, 3.05) is 5.88 Å². The average molecular weight is 206 g/mol. The fourth-order valence-corrected chi connectivity index (χ4v) is 0.774. The van der Waals surface area contributed by atoms with Gasteiger partial charge in [0.1, 0.15) is 0 Å². The van der Waals surface area contributed by atoms with Crippen LogP contribution in [0.25, 0.3) is 0 Å². The normalized spacial score (nSPS) is 14.8. The third kappa shape index (κ3) is 5.63. The summed E-state index contributed by atoms with van der Waals surface area (Å²) in [6.45, 7) is 0. The van der Waals surface area contributed by atoms with Crippen LogP contribution >= 0.6 is 11.6 Å². The molecule has 0 bridgehead atoms. The van der Waals surface area contributed by atoms with Crippen LogP contribution < -0.4 is 0 Å². The molecular weight excluding hydrogens is 196 g/mol. The summed E-state index contributed by atoms with van der Waals surface area (Å²) in [5, 5.41) is 0. The van der Waals surface area contributed by atoms with E-state index in [1.54, 1.807) is 0 Å². The average Bonchev–Trinajstić information content (AvgIpc) is 1.96. The second kappa shape index (κ2) is 5.62. The molecule has 1 unspecified atom stereocenters. The van der Waals surface area contributed by atoms with E-state index in [-0.39, 0.29) is 0 Å². The fourth-order valence-electron chi connectivity index (χ4n) is 0.619. The van der Waals surface area contributed by atoms with Crippen LogP contribution in [0.4, 0.5) is 17.6 Å². The summed E-state index contributed by atoms with van der Waals surface area (Å²) < 4.78 is 46.8. The molecule has 0 aromatic carbocycles. The van der Waals surface area contributed by atoms with E-state index in [1.165, 1.54) is 6.42 Å². The van der Waals surface area contributed by atoms with Gasteiger partial charge in [0.15, 0.2) is 6.17 Å². The van der Waals surface area contributed by atoms with Crippen LogP contribution in [-0.4, -0.2) is 18.2 Å². The summed E-state index contributed by atoms with van der Waals surface area (Å²) >= 11 is 5.27. The van der Waals surface area contributed by atoms with E-state index >= 15 is 0 Å². The molecule has 0 aromatic rings. The molecule has 0 spiro atoms. The highest BCUT2D eigenvalue weighted by Gasteiger charge is 2.39. The van der Waals surface area contributed by atoms with Crippen molar-refractivity contribution in [1.29, 1.82) is 0 Å². The molecule has 0 aromatic heterocycles. The van der Waals surface area contributed by atoms with Crippen molar-refractivity contribution in [3.05, 3.63) is 6.42 Å². The topological polar surface area (TPSA) is 0 Å². The van der Waals surface area contributed by atoms with Crippen LogP contribution in [0.15, 0.2) is 0 Å². The molecule has 0 saturated carbocycles. The number of hydrogen-bond acceptors (Lipinski definition) is 0. The molecule has 0 aliphatic rings. The summed E-state index contributed by atoms with van der Waals surface area (Å²) in [7, 11) is 0. The minimum absolute atomic E-state index is 0.388. The standard InChI is InChI=1S/C7H10ClF4/c8-5-3-1-2-4-6(9)7(10,11)12/h2,6H,1,3-5H2. The molecule has 0 rings (SSSR count). The third-order valence-corrected chi connectivity index (χ3v) is 1.54. The molecule has 0 N–H and O–H groups in total. The van der Waals surface area contributed by atoms with Crippen LogP contribution in [0.1, 0.15) is 19.3 Å². The van der Waals surface area contributed by atoms with Gasteiger partial charge >= 0.3 is 6.18 Å². The highest BCUT2D eigenvalue weighted by atomic mass is 35.5. The lowest BCUT2D eigenvalue weighted by molar-refractivity contribution is -0.180. The molecule has 0 fully saturated rings. The lowest BCUT2D eigenvalue weighted by atomic mass is 10.1. The first-order valence-corrected chi connectivity index (χ1v) is 4.10. The molecule has 0 heterocycles. The van der Waals surface area contributed by atoms with Crippen LogP contribution in [0, 0.1) is 6.42 Å². The molecule has 0 aliphatic heterocycles. The second-order valence-electron chi connectivity index (χ2n) is 2.36. The molecule has 73 valence electrons. The van der Waals surface area contributed by atoms with E-state index in [9.17, 15) is 17.6 Å². The van der Waals surface area contributed by atoms with E-state index in [0.717, 1.165) is 0 Å². The first-order valence-electron chi connectivity index (χ1n) is 3.57. The zero-order valence-corrected chi connectivity index (χ0v) is 7.13. The monoisotopic (exact) mass is 205 g/mol. The van der Waals surface area contributed by atoms with E-state index in [2.05, 4.69) is 0 Å². The van der Waals surface area contributed by atoms with Gasteiger partial charge in [-0.3, -0.25) is 0 Å². The Morgan fingerprint density at radius 2 is 1.92 bits per heavy atom. The molecule has 0 saturated heterocycles.